The largest absolute Gasteiger partial charge is 0.497 e. The van der Waals surface area contributed by atoms with E-state index in [1.807, 2.05) is 70.2 Å². The first-order valence-corrected chi connectivity index (χ1v) is 9.72. The summed E-state index contributed by atoms with van der Waals surface area (Å²) in [7, 11) is 1.63. The van der Waals surface area contributed by atoms with Gasteiger partial charge in [-0.15, -0.1) is 0 Å². The molecule has 2 aromatic rings. The van der Waals surface area contributed by atoms with Gasteiger partial charge >= 0.3 is 0 Å². The highest BCUT2D eigenvalue weighted by Gasteiger charge is 2.36. The average molecular weight is 383 g/mol. The molecule has 0 saturated heterocycles. The van der Waals surface area contributed by atoms with Crippen molar-refractivity contribution in [2.75, 3.05) is 7.11 Å². The number of ether oxygens (including phenoxy) is 3. The molecule has 2 aromatic carbocycles. The van der Waals surface area contributed by atoms with Crippen molar-refractivity contribution in [2.24, 2.45) is 0 Å². The number of nitrogens with one attached hydrogen (secondary N) is 1. The fraction of sp³-hybridized carbons (Fsp3) is 0.435. The van der Waals surface area contributed by atoms with E-state index >= 15 is 0 Å². The molecule has 2 atom stereocenters. The molecule has 0 fully saturated rings. The Balaban J connectivity index is 1.79. The number of para-hydroxylation sites is 1. The summed E-state index contributed by atoms with van der Waals surface area (Å²) in [6, 6.07) is 13.3. The summed E-state index contributed by atoms with van der Waals surface area (Å²) < 4.78 is 17.4. The van der Waals surface area contributed by atoms with E-state index in [2.05, 4.69) is 5.32 Å². The van der Waals surface area contributed by atoms with Crippen LogP contribution in [-0.2, 0) is 4.79 Å². The predicted molar refractivity (Wildman–Crippen MR) is 109 cm³/mol. The van der Waals surface area contributed by atoms with E-state index < -0.39 is 11.7 Å². The molecule has 1 amide bonds. The van der Waals surface area contributed by atoms with Crippen LogP contribution < -0.4 is 19.5 Å². The first kappa shape index (κ1) is 20.1. The monoisotopic (exact) mass is 383 g/mol. The summed E-state index contributed by atoms with van der Waals surface area (Å²) >= 11 is 0. The van der Waals surface area contributed by atoms with Gasteiger partial charge in [0.05, 0.1) is 13.2 Å². The van der Waals surface area contributed by atoms with Gasteiger partial charge in [0.15, 0.2) is 6.10 Å². The Hall–Kier alpha value is -2.69. The lowest BCUT2D eigenvalue weighted by Gasteiger charge is -2.38. The second-order valence-electron chi connectivity index (χ2n) is 7.81. The number of rotatable bonds is 6. The summed E-state index contributed by atoms with van der Waals surface area (Å²) in [5.41, 5.74) is 1.58. The molecule has 0 saturated carbocycles. The van der Waals surface area contributed by atoms with E-state index in [1.54, 1.807) is 7.11 Å². The minimum Gasteiger partial charge on any atom is -0.497 e. The van der Waals surface area contributed by atoms with E-state index in [-0.39, 0.29) is 11.9 Å². The highest BCUT2D eigenvalue weighted by atomic mass is 16.5. The summed E-state index contributed by atoms with van der Waals surface area (Å²) in [6.45, 7) is 7.98. The number of carbonyl (C=O) groups is 1. The van der Waals surface area contributed by atoms with Crippen LogP contribution >= 0.6 is 0 Å². The van der Waals surface area contributed by atoms with Gasteiger partial charge in [0.2, 0.25) is 0 Å². The molecule has 28 heavy (non-hydrogen) atoms. The van der Waals surface area contributed by atoms with Gasteiger partial charge in [0.25, 0.3) is 5.91 Å². The first-order chi connectivity index (χ1) is 13.3. The van der Waals surface area contributed by atoms with Crippen LogP contribution in [0.3, 0.4) is 0 Å². The zero-order chi connectivity index (χ0) is 20.3. The second-order valence-corrected chi connectivity index (χ2v) is 7.81. The predicted octanol–water partition coefficient (Wildman–Crippen LogP) is 4.58. The lowest BCUT2D eigenvalue weighted by molar-refractivity contribution is -0.129. The van der Waals surface area contributed by atoms with Crippen molar-refractivity contribution in [3.8, 4) is 17.2 Å². The molecule has 0 aliphatic carbocycles. The Morgan fingerprint density at radius 2 is 2.04 bits per heavy atom. The Labute approximate surface area is 167 Å². The van der Waals surface area contributed by atoms with Crippen LogP contribution in [0.2, 0.25) is 0 Å². The molecule has 0 unspecified atom stereocenters. The van der Waals surface area contributed by atoms with Crippen molar-refractivity contribution in [2.45, 2.75) is 58.3 Å². The number of hydrogen-bond acceptors (Lipinski definition) is 4. The SMILES string of the molecule is CC[C@@H](Oc1ccccc1C)C(=O)N[C@H]1CC(C)(C)Oc2cc(OC)ccc21. The molecule has 1 aliphatic heterocycles. The molecule has 0 aromatic heterocycles. The molecule has 1 aliphatic rings. The van der Waals surface area contributed by atoms with Gasteiger partial charge in [0, 0.05) is 18.1 Å². The van der Waals surface area contributed by atoms with E-state index in [4.69, 9.17) is 14.2 Å². The lowest BCUT2D eigenvalue weighted by atomic mass is 9.89. The van der Waals surface area contributed by atoms with Crippen LogP contribution in [0.25, 0.3) is 0 Å². The van der Waals surface area contributed by atoms with Crippen molar-refractivity contribution < 1.29 is 19.0 Å². The second kappa shape index (κ2) is 8.13. The quantitative estimate of drug-likeness (QED) is 0.793. The minimum absolute atomic E-state index is 0.116. The number of hydrogen-bond donors (Lipinski definition) is 1. The van der Waals surface area contributed by atoms with E-state index in [0.29, 0.717) is 12.8 Å². The van der Waals surface area contributed by atoms with Gasteiger partial charge in [-0.05, 0) is 51.0 Å². The molecule has 1 heterocycles. The smallest absolute Gasteiger partial charge is 0.261 e. The third kappa shape index (κ3) is 4.41. The molecule has 5 nitrogen and oxygen atoms in total. The average Bonchev–Trinajstić information content (AvgIpc) is 2.65. The van der Waals surface area contributed by atoms with Crippen LogP contribution in [0.5, 0.6) is 17.2 Å². The fourth-order valence-electron chi connectivity index (χ4n) is 3.52. The lowest BCUT2D eigenvalue weighted by Crippen LogP contribution is -2.45. The molecular weight excluding hydrogens is 354 g/mol. The van der Waals surface area contributed by atoms with E-state index in [1.165, 1.54) is 0 Å². The summed E-state index contributed by atoms with van der Waals surface area (Å²) in [5.74, 6) is 2.10. The van der Waals surface area contributed by atoms with Crippen LogP contribution in [0.1, 0.15) is 50.8 Å². The molecule has 0 radical (unpaired) electrons. The molecule has 150 valence electrons. The number of methoxy groups -OCH3 is 1. The van der Waals surface area contributed by atoms with Gasteiger partial charge in [-0.1, -0.05) is 25.1 Å². The minimum atomic E-state index is -0.547. The first-order valence-electron chi connectivity index (χ1n) is 9.72. The van der Waals surface area contributed by atoms with Gasteiger partial charge in [-0.3, -0.25) is 4.79 Å². The third-order valence-corrected chi connectivity index (χ3v) is 5.02. The number of carbonyl (C=O) groups excluding carboxylic acids is 1. The van der Waals surface area contributed by atoms with Gasteiger partial charge in [0.1, 0.15) is 22.8 Å². The molecule has 5 heteroatoms. The van der Waals surface area contributed by atoms with Crippen LogP contribution in [-0.4, -0.2) is 24.7 Å². The Kier molecular flexibility index (Phi) is 5.82. The normalized spacial score (nSPS) is 18.4. The number of amides is 1. The van der Waals surface area contributed by atoms with Gasteiger partial charge in [-0.2, -0.15) is 0 Å². The maximum atomic E-state index is 13.0. The summed E-state index contributed by atoms with van der Waals surface area (Å²) in [5, 5.41) is 3.17. The van der Waals surface area contributed by atoms with Crippen LogP contribution in [0, 0.1) is 6.92 Å². The molecule has 3 rings (SSSR count). The third-order valence-electron chi connectivity index (χ3n) is 5.02. The number of fused-ring (bicyclic) bond motifs is 1. The zero-order valence-corrected chi connectivity index (χ0v) is 17.2. The topological polar surface area (TPSA) is 56.8 Å². The number of benzene rings is 2. The van der Waals surface area contributed by atoms with Crippen molar-refractivity contribution in [1.29, 1.82) is 0 Å². The zero-order valence-electron chi connectivity index (χ0n) is 17.2. The number of aryl methyl sites for hydroxylation is 1. The molecule has 1 N–H and O–H groups in total. The van der Waals surface area contributed by atoms with Crippen LogP contribution in [0.4, 0.5) is 0 Å². The highest BCUT2D eigenvalue weighted by molar-refractivity contribution is 5.81. The molecule has 0 spiro atoms. The molecular formula is C23H29NO4. The van der Waals surface area contributed by atoms with Crippen molar-refractivity contribution in [3.63, 3.8) is 0 Å². The fourth-order valence-corrected chi connectivity index (χ4v) is 3.52. The Morgan fingerprint density at radius 3 is 2.71 bits per heavy atom. The summed E-state index contributed by atoms with van der Waals surface area (Å²) in [6.07, 6.45) is 0.718. The van der Waals surface area contributed by atoms with Crippen molar-refractivity contribution >= 4 is 5.91 Å². The van der Waals surface area contributed by atoms with Crippen molar-refractivity contribution in [1.82, 2.24) is 5.32 Å². The van der Waals surface area contributed by atoms with Crippen LogP contribution in [0.15, 0.2) is 42.5 Å². The standard InChI is InChI=1S/C23H29NO4/c1-6-19(27-20-10-8-7-9-15(20)2)22(25)24-18-14-23(3,4)28-21-13-16(26-5)11-12-17(18)21/h7-13,18-19H,6,14H2,1-5H3,(H,24,25)/t18-,19+/m0/s1. The van der Waals surface area contributed by atoms with Gasteiger partial charge in [-0.25, -0.2) is 0 Å². The Bertz CT molecular complexity index is 846. The van der Waals surface area contributed by atoms with E-state index in [0.717, 1.165) is 28.4 Å². The maximum absolute atomic E-state index is 13.0. The Morgan fingerprint density at radius 1 is 1.29 bits per heavy atom. The molecule has 0 bridgehead atoms. The van der Waals surface area contributed by atoms with E-state index in [9.17, 15) is 4.79 Å². The highest BCUT2D eigenvalue weighted by Crippen LogP contribution is 2.41. The van der Waals surface area contributed by atoms with Crippen molar-refractivity contribution in [3.05, 3.63) is 53.6 Å². The van der Waals surface area contributed by atoms with Gasteiger partial charge < -0.3 is 19.5 Å². The summed E-state index contributed by atoms with van der Waals surface area (Å²) in [4.78, 5) is 13.0. The maximum Gasteiger partial charge on any atom is 0.261 e.